The van der Waals surface area contributed by atoms with E-state index in [1.54, 1.807) is 18.2 Å². The SMILES string of the molecule is Cc1cc(CNc2cccc(C#N)n2)on1. The van der Waals surface area contributed by atoms with Crippen LogP contribution >= 0.6 is 0 Å². The smallest absolute Gasteiger partial charge is 0.156 e. The summed E-state index contributed by atoms with van der Waals surface area (Å²) in [7, 11) is 0. The van der Waals surface area contributed by atoms with Gasteiger partial charge in [-0.2, -0.15) is 5.26 Å². The number of nitriles is 1. The monoisotopic (exact) mass is 214 g/mol. The standard InChI is InChI=1S/C11H10N4O/c1-8-5-10(16-15-8)7-13-11-4-2-3-9(6-12)14-11/h2-5H,7H2,1H3,(H,13,14). The van der Waals surface area contributed by atoms with Crippen molar-refractivity contribution in [2.45, 2.75) is 13.5 Å². The van der Waals surface area contributed by atoms with Crippen molar-refractivity contribution in [3.63, 3.8) is 0 Å². The van der Waals surface area contributed by atoms with Gasteiger partial charge in [0.05, 0.1) is 12.2 Å². The second-order valence-corrected chi connectivity index (χ2v) is 3.31. The maximum absolute atomic E-state index is 8.68. The van der Waals surface area contributed by atoms with Crippen LogP contribution in [0.15, 0.2) is 28.8 Å². The first kappa shape index (κ1) is 10.2. The predicted octanol–water partition coefficient (Wildman–Crippen LogP) is 1.86. The zero-order chi connectivity index (χ0) is 11.4. The maximum Gasteiger partial charge on any atom is 0.156 e. The van der Waals surface area contributed by atoms with Crippen molar-refractivity contribution < 1.29 is 4.52 Å². The molecule has 0 aromatic carbocycles. The van der Waals surface area contributed by atoms with Crippen LogP contribution in [0.5, 0.6) is 0 Å². The number of aromatic nitrogens is 2. The lowest BCUT2D eigenvalue weighted by molar-refractivity contribution is 0.384. The van der Waals surface area contributed by atoms with Gasteiger partial charge < -0.3 is 9.84 Å². The van der Waals surface area contributed by atoms with Crippen LogP contribution < -0.4 is 5.32 Å². The molecule has 0 aliphatic heterocycles. The fourth-order valence-corrected chi connectivity index (χ4v) is 1.27. The Morgan fingerprint density at radius 1 is 1.50 bits per heavy atom. The van der Waals surface area contributed by atoms with Crippen LogP contribution in [0.25, 0.3) is 0 Å². The molecule has 0 saturated carbocycles. The van der Waals surface area contributed by atoms with E-state index in [1.165, 1.54) is 0 Å². The Bertz CT molecular complexity index is 527. The van der Waals surface area contributed by atoms with E-state index in [0.29, 0.717) is 18.1 Å². The summed E-state index contributed by atoms with van der Waals surface area (Å²) in [5.41, 5.74) is 1.23. The van der Waals surface area contributed by atoms with Crippen molar-refractivity contribution in [3.8, 4) is 6.07 Å². The minimum absolute atomic E-state index is 0.388. The molecule has 2 heterocycles. The second kappa shape index (κ2) is 4.45. The quantitative estimate of drug-likeness (QED) is 0.844. The van der Waals surface area contributed by atoms with Gasteiger partial charge >= 0.3 is 0 Å². The van der Waals surface area contributed by atoms with Gasteiger partial charge in [-0.3, -0.25) is 0 Å². The number of aryl methyl sites for hydroxylation is 1. The number of hydrogen-bond donors (Lipinski definition) is 1. The minimum atomic E-state index is 0.388. The minimum Gasteiger partial charge on any atom is -0.363 e. The molecule has 5 nitrogen and oxygen atoms in total. The molecule has 0 radical (unpaired) electrons. The number of pyridine rings is 1. The first-order valence-electron chi connectivity index (χ1n) is 4.81. The zero-order valence-electron chi connectivity index (χ0n) is 8.77. The van der Waals surface area contributed by atoms with Crippen LogP contribution in [0.3, 0.4) is 0 Å². The largest absolute Gasteiger partial charge is 0.363 e. The van der Waals surface area contributed by atoms with Crippen LogP contribution in [0.1, 0.15) is 17.1 Å². The lowest BCUT2D eigenvalue weighted by Crippen LogP contribution is -2.00. The number of hydrogen-bond acceptors (Lipinski definition) is 5. The molecule has 0 fully saturated rings. The van der Waals surface area contributed by atoms with E-state index in [4.69, 9.17) is 9.78 Å². The van der Waals surface area contributed by atoms with E-state index < -0.39 is 0 Å². The molecule has 5 heteroatoms. The Kier molecular flexibility index (Phi) is 2.83. The highest BCUT2D eigenvalue weighted by molar-refractivity contribution is 5.38. The van der Waals surface area contributed by atoms with Gasteiger partial charge in [0.25, 0.3) is 0 Å². The third-order valence-electron chi connectivity index (χ3n) is 1.98. The van der Waals surface area contributed by atoms with E-state index in [-0.39, 0.29) is 0 Å². The van der Waals surface area contributed by atoms with Gasteiger partial charge in [0.15, 0.2) is 5.76 Å². The van der Waals surface area contributed by atoms with Crippen LogP contribution in [-0.2, 0) is 6.54 Å². The highest BCUT2D eigenvalue weighted by atomic mass is 16.5. The molecule has 80 valence electrons. The third-order valence-corrected chi connectivity index (χ3v) is 1.98. The summed E-state index contributed by atoms with van der Waals surface area (Å²) in [6, 6.07) is 9.06. The van der Waals surface area contributed by atoms with Crippen molar-refractivity contribution >= 4 is 5.82 Å². The predicted molar refractivity (Wildman–Crippen MR) is 57.5 cm³/mol. The average molecular weight is 214 g/mol. The van der Waals surface area contributed by atoms with Crippen LogP contribution in [0.2, 0.25) is 0 Å². The topological polar surface area (TPSA) is 74.7 Å². The van der Waals surface area contributed by atoms with Gasteiger partial charge in [-0.1, -0.05) is 11.2 Å². The molecule has 1 N–H and O–H groups in total. The Labute approximate surface area is 92.7 Å². The molecule has 0 atom stereocenters. The number of nitrogens with zero attached hydrogens (tertiary/aromatic N) is 3. The van der Waals surface area contributed by atoms with Crippen LogP contribution in [0, 0.1) is 18.3 Å². The molecule has 0 spiro atoms. The fraction of sp³-hybridized carbons (Fsp3) is 0.182. The molecule has 0 bridgehead atoms. The summed E-state index contributed by atoms with van der Waals surface area (Å²) in [6.07, 6.45) is 0. The summed E-state index contributed by atoms with van der Waals surface area (Å²) in [5.74, 6) is 1.38. The maximum atomic E-state index is 8.68. The van der Waals surface area contributed by atoms with E-state index in [9.17, 15) is 0 Å². The Balaban J connectivity index is 2.02. The molecule has 2 aromatic rings. The van der Waals surface area contributed by atoms with Gasteiger partial charge in [-0.25, -0.2) is 4.98 Å². The summed E-state index contributed by atoms with van der Waals surface area (Å²) >= 11 is 0. The van der Waals surface area contributed by atoms with Gasteiger partial charge in [-0.05, 0) is 19.1 Å². The molecular weight excluding hydrogens is 204 g/mol. The highest BCUT2D eigenvalue weighted by Gasteiger charge is 2.01. The Morgan fingerprint density at radius 2 is 2.38 bits per heavy atom. The third kappa shape index (κ3) is 2.36. The average Bonchev–Trinajstić information content (AvgIpc) is 2.73. The number of rotatable bonds is 3. The molecule has 0 saturated heterocycles. The molecule has 0 amide bonds. The van der Waals surface area contributed by atoms with Crippen molar-refractivity contribution in [3.05, 3.63) is 41.4 Å². The zero-order valence-corrected chi connectivity index (χ0v) is 8.77. The van der Waals surface area contributed by atoms with Gasteiger partial charge in [0.2, 0.25) is 0 Å². The second-order valence-electron chi connectivity index (χ2n) is 3.31. The Morgan fingerprint density at radius 3 is 3.06 bits per heavy atom. The van der Waals surface area contributed by atoms with Gasteiger partial charge in [0.1, 0.15) is 17.6 Å². The molecular formula is C11H10N4O. The number of nitrogens with one attached hydrogen (secondary N) is 1. The highest BCUT2D eigenvalue weighted by Crippen LogP contribution is 2.08. The lowest BCUT2D eigenvalue weighted by Gasteiger charge is -2.01. The number of anilines is 1. The lowest BCUT2D eigenvalue weighted by atomic mass is 10.3. The molecule has 2 rings (SSSR count). The van der Waals surface area contributed by atoms with Crippen molar-refractivity contribution in [1.82, 2.24) is 10.1 Å². The first-order valence-corrected chi connectivity index (χ1v) is 4.81. The summed E-state index contributed by atoms with van der Waals surface area (Å²) in [5, 5.41) is 15.5. The fourth-order valence-electron chi connectivity index (χ4n) is 1.27. The van der Waals surface area contributed by atoms with E-state index in [2.05, 4.69) is 15.5 Å². The van der Waals surface area contributed by atoms with E-state index >= 15 is 0 Å². The molecule has 0 aliphatic rings. The van der Waals surface area contributed by atoms with E-state index in [0.717, 1.165) is 11.5 Å². The van der Waals surface area contributed by atoms with Gasteiger partial charge in [-0.15, -0.1) is 0 Å². The summed E-state index contributed by atoms with van der Waals surface area (Å²) < 4.78 is 5.04. The first-order chi connectivity index (χ1) is 7.78. The molecule has 2 aromatic heterocycles. The summed E-state index contributed by atoms with van der Waals surface area (Å²) in [4.78, 5) is 4.08. The Hall–Kier alpha value is -2.35. The van der Waals surface area contributed by atoms with Crippen molar-refractivity contribution in [1.29, 1.82) is 5.26 Å². The summed E-state index contributed by atoms with van der Waals surface area (Å²) in [6.45, 7) is 2.37. The van der Waals surface area contributed by atoms with Gasteiger partial charge in [0, 0.05) is 6.07 Å². The van der Waals surface area contributed by atoms with Crippen molar-refractivity contribution in [2.24, 2.45) is 0 Å². The molecule has 0 unspecified atom stereocenters. The molecule has 0 aliphatic carbocycles. The van der Waals surface area contributed by atoms with Crippen molar-refractivity contribution in [2.75, 3.05) is 5.32 Å². The molecule has 16 heavy (non-hydrogen) atoms. The van der Waals surface area contributed by atoms with Crippen LogP contribution in [-0.4, -0.2) is 10.1 Å². The van der Waals surface area contributed by atoms with Crippen LogP contribution in [0.4, 0.5) is 5.82 Å². The normalized spacial score (nSPS) is 9.75. The van der Waals surface area contributed by atoms with E-state index in [1.807, 2.05) is 19.1 Å².